The molecule has 2 aliphatic heterocycles. The summed E-state index contributed by atoms with van der Waals surface area (Å²) in [7, 11) is 3.43. The molecule has 0 radical (unpaired) electrons. The summed E-state index contributed by atoms with van der Waals surface area (Å²) in [4.78, 5) is 22.0. The number of unbranched alkanes of at least 4 members (excludes halogenated alkanes) is 1. The van der Waals surface area contributed by atoms with Gasteiger partial charge in [-0.25, -0.2) is 4.39 Å². The summed E-state index contributed by atoms with van der Waals surface area (Å²) in [6.07, 6.45) is 7.24. The molecular weight excluding hydrogens is 649 g/mol. The van der Waals surface area contributed by atoms with Gasteiger partial charge in [-0.3, -0.25) is 14.8 Å². The van der Waals surface area contributed by atoms with E-state index >= 15 is 0 Å². The van der Waals surface area contributed by atoms with Gasteiger partial charge in [0, 0.05) is 81.6 Å². The molecule has 2 aromatic carbocycles. The van der Waals surface area contributed by atoms with Crippen molar-refractivity contribution in [1.82, 2.24) is 25.0 Å². The number of hydrogen-bond acceptors (Lipinski definition) is 11. The summed E-state index contributed by atoms with van der Waals surface area (Å²) in [6.45, 7) is 9.00. The number of ether oxygens (including phenoxy) is 3. The number of hydrogen-bond donors (Lipinski definition) is 1. The molecule has 4 heterocycles. The van der Waals surface area contributed by atoms with Crippen molar-refractivity contribution in [2.75, 3.05) is 96.6 Å². The van der Waals surface area contributed by atoms with E-state index in [4.69, 9.17) is 30.9 Å². The summed E-state index contributed by atoms with van der Waals surface area (Å²) in [5.74, 6) is 1.87. The van der Waals surface area contributed by atoms with Crippen LogP contribution >= 0.6 is 11.6 Å². The molecule has 262 valence electrons. The van der Waals surface area contributed by atoms with Crippen molar-refractivity contribution in [3.05, 3.63) is 77.0 Å². The molecule has 0 amide bonds. The van der Waals surface area contributed by atoms with Crippen LogP contribution in [0.5, 0.6) is 11.5 Å². The Hall–Kier alpha value is -4.10. The van der Waals surface area contributed by atoms with Crippen LogP contribution in [0.3, 0.4) is 0 Å². The average molecular weight is 694 g/mol. The first-order valence-corrected chi connectivity index (χ1v) is 17.1. The number of carbonyl (C=O) groups is 1. The molecule has 2 fully saturated rings. The Morgan fingerprint density at radius 2 is 1.69 bits per heavy atom. The van der Waals surface area contributed by atoms with Gasteiger partial charge in [0.1, 0.15) is 12.1 Å². The molecule has 1 N–H and O–H groups in total. The van der Waals surface area contributed by atoms with Crippen LogP contribution < -0.4 is 19.7 Å². The van der Waals surface area contributed by atoms with Crippen LogP contribution in [0.4, 0.5) is 15.9 Å². The van der Waals surface area contributed by atoms with Crippen molar-refractivity contribution in [3.63, 3.8) is 0 Å². The number of piperazine rings is 1. The van der Waals surface area contributed by atoms with Gasteiger partial charge in [0.15, 0.2) is 17.3 Å². The van der Waals surface area contributed by atoms with Gasteiger partial charge in [0.2, 0.25) is 0 Å². The lowest BCUT2D eigenvalue weighted by Crippen LogP contribution is -2.47. The summed E-state index contributed by atoms with van der Waals surface area (Å²) in [6, 6.07) is 12.6. The van der Waals surface area contributed by atoms with Gasteiger partial charge in [0.05, 0.1) is 44.2 Å². The first kappa shape index (κ1) is 36.2. The van der Waals surface area contributed by atoms with Gasteiger partial charge < -0.3 is 29.2 Å². The number of methoxy groups -OCH3 is 1. The number of nitrogens with zero attached hydrogens (tertiary/aromatic N) is 6. The second kappa shape index (κ2) is 18.6. The zero-order chi connectivity index (χ0) is 34.4. The minimum Gasteiger partial charge on any atom is -0.493 e. The number of aldehydes is 1. The number of aromatic nitrogens is 3. The van der Waals surface area contributed by atoms with E-state index in [1.165, 1.54) is 12.1 Å². The SMILES string of the molecule is CNc1ccc(F)c(Cl)c1.COc1cc2c(Cc3ccncc3)nnc(N3CCN(CC=O)CC3)c2cc1OCCCCN1CCOCC1. The molecule has 2 aromatic heterocycles. The first-order valence-electron chi connectivity index (χ1n) is 16.7. The number of anilines is 2. The fourth-order valence-corrected chi connectivity index (χ4v) is 6.05. The van der Waals surface area contributed by atoms with Gasteiger partial charge in [0.25, 0.3) is 0 Å². The molecule has 6 rings (SSSR count). The number of pyridine rings is 1. The Bertz CT molecular complexity index is 1640. The molecule has 4 aromatic rings. The maximum atomic E-state index is 12.5. The van der Waals surface area contributed by atoms with Crippen LogP contribution in [-0.4, -0.2) is 118 Å². The predicted octanol–water partition coefficient (Wildman–Crippen LogP) is 4.96. The highest BCUT2D eigenvalue weighted by Crippen LogP contribution is 2.38. The maximum absolute atomic E-state index is 12.5. The van der Waals surface area contributed by atoms with Gasteiger partial charge in [-0.05, 0) is 67.4 Å². The number of carbonyl (C=O) groups excluding carboxylic acids is 1. The van der Waals surface area contributed by atoms with E-state index in [0.29, 0.717) is 25.3 Å². The monoisotopic (exact) mass is 693 g/mol. The quantitative estimate of drug-likeness (QED) is 0.152. The number of halogens is 2. The number of morpholine rings is 1. The smallest absolute Gasteiger partial charge is 0.161 e. The molecule has 2 saturated heterocycles. The minimum atomic E-state index is -0.388. The van der Waals surface area contributed by atoms with Crippen molar-refractivity contribution in [2.45, 2.75) is 19.3 Å². The van der Waals surface area contributed by atoms with Crippen LogP contribution in [-0.2, 0) is 16.0 Å². The molecule has 0 saturated carbocycles. The van der Waals surface area contributed by atoms with Crippen molar-refractivity contribution in [1.29, 1.82) is 0 Å². The molecule has 13 heteroatoms. The number of nitrogens with one attached hydrogen (secondary N) is 1. The zero-order valence-electron chi connectivity index (χ0n) is 28.2. The van der Waals surface area contributed by atoms with Crippen molar-refractivity contribution in [3.8, 4) is 11.5 Å². The van der Waals surface area contributed by atoms with Gasteiger partial charge in [-0.1, -0.05) is 11.6 Å². The molecule has 0 spiro atoms. The van der Waals surface area contributed by atoms with Crippen LogP contribution in [0.25, 0.3) is 10.8 Å². The van der Waals surface area contributed by atoms with Gasteiger partial charge in [-0.2, -0.15) is 5.10 Å². The second-order valence-electron chi connectivity index (χ2n) is 11.9. The van der Waals surface area contributed by atoms with E-state index < -0.39 is 0 Å². The van der Waals surface area contributed by atoms with Crippen LogP contribution in [0.15, 0.2) is 54.9 Å². The molecule has 0 unspecified atom stereocenters. The summed E-state index contributed by atoms with van der Waals surface area (Å²) in [5.41, 5.74) is 2.82. The first-order chi connectivity index (χ1) is 24.0. The van der Waals surface area contributed by atoms with Crippen LogP contribution in [0.2, 0.25) is 5.02 Å². The Balaban J connectivity index is 0.000000402. The standard InChI is InChI=1S/C29H38N6O4.C7H7ClFN/c1-37-27-21-24-25(22-28(27)39-17-3-2-8-33-14-18-38-19-15-33)29(35-11-9-34(10-12-35)13-16-36)32-31-26(24)20-23-4-6-30-7-5-23;1-10-5-2-3-7(9)6(8)4-5/h4-7,16,21-22H,2-3,8-15,17-20H2,1H3;2-4,10H,1H3. The van der Waals surface area contributed by atoms with Crippen molar-refractivity contribution >= 4 is 40.2 Å². The predicted molar refractivity (Wildman–Crippen MR) is 191 cm³/mol. The summed E-state index contributed by atoms with van der Waals surface area (Å²) in [5, 5.41) is 14.4. The average Bonchev–Trinajstić information content (AvgIpc) is 3.14. The number of benzene rings is 2. The third kappa shape index (κ3) is 10.2. The molecule has 0 atom stereocenters. The largest absolute Gasteiger partial charge is 0.493 e. The van der Waals surface area contributed by atoms with E-state index in [1.54, 1.807) is 32.6 Å². The Morgan fingerprint density at radius 3 is 2.39 bits per heavy atom. The lowest BCUT2D eigenvalue weighted by molar-refractivity contribution is -0.108. The summed E-state index contributed by atoms with van der Waals surface area (Å²) < 4.78 is 30.0. The van der Waals surface area contributed by atoms with E-state index in [9.17, 15) is 9.18 Å². The second-order valence-corrected chi connectivity index (χ2v) is 12.3. The van der Waals surface area contributed by atoms with Crippen LogP contribution in [0.1, 0.15) is 24.1 Å². The fraction of sp³-hybridized carbons (Fsp3) is 0.444. The third-order valence-corrected chi connectivity index (χ3v) is 8.97. The van der Waals surface area contributed by atoms with Crippen LogP contribution in [0, 0.1) is 5.82 Å². The van der Waals surface area contributed by atoms with E-state index in [-0.39, 0.29) is 10.8 Å². The number of rotatable bonds is 13. The fourth-order valence-electron chi connectivity index (χ4n) is 5.87. The summed E-state index contributed by atoms with van der Waals surface area (Å²) >= 11 is 5.48. The molecule has 49 heavy (non-hydrogen) atoms. The highest BCUT2D eigenvalue weighted by atomic mass is 35.5. The van der Waals surface area contributed by atoms with E-state index in [0.717, 1.165) is 117 Å². The van der Waals surface area contributed by atoms with E-state index in [2.05, 4.69) is 36.2 Å². The topological polar surface area (TPSA) is 105 Å². The molecule has 2 aliphatic rings. The molecule has 11 nitrogen and oxygen atoms in total. The Morgan fingerprint density at radius 1 is 0.939 bits per heavy atom. The minimum absolute atomic E-state index is 0.145. The number of fused-ring (bicyclic) bond motifs is 1. The Kier molecular flexibility index (Phi) is 13.7. The normalized spacial score (nSPS) is 15.4. The lowest BCUT2D eigenvalue weighted by atomic mass is 10.0. The molecule has 0 bridgehead atoms. The lowest BCUT2D eigenvalue weighted by Gasteiger charge is -2.34. The highest BCUT2D eigenvalue weighted by Gasteiger charge is 2.23. The Labute approximate surface area is 292 Å². The van der Waals surface area contributed by atoms with Gasteiger partial charge >= 0.3 is 0 Å². The van der Waals surface area contributed by atoms with Crippen molar-refractivity contribution < 1.29 is 23.4 Å². The van der Waals surface area contributed by atoms with Gasteiger partial charge in [-0.15, -0.1) is 5.10 Å². The third-order valence-electron chi connectivity index (χ3n) is 8.68. The van der Waals surface area contributed by atoms with Crippen molar-refractivity contribution in [2.24, 2.45) is 0 Å². The highest BCUT2D eigenvalue weighted by molar-refractivity contribution is 6.31. The van der Waals surface area contributed by atoms with E-state index in [1.807, 2.05) is 18.2 Å². The molecule has 0 aliphatic carbocycles. The molecular formula is C36H45ClFN7O4. The zero-order valence-corrected chi connectivity index (χ0v) is 29.0. The maximum Gasteiger partial charge on any atom is 0.161 e.